The first kappa shape index (κ1) is 23.2. The van der Waals surface area contributed by atoms with E-state index in [1.807, 2.05) is 0 Å². The highest BCUT2D eigenvalue weighted by molar-refractivity contribution is 6.40. The molecule has 0 saturated carbocycles. The maximum Gasteiger partial charge on any atom is 0.416 e. The number of halogens is 4. The number of rotatable bonds is 5. The summed E-state index contributed by atoms with van der Waals surface area (Å²) in [5.74, 6) is -3.19. The Hall–Kier alpha value is -3.98. The van der Waals surface area contributed by atoms with E-state index in [2.05, 4.69) is 0 Å². The molecule has 0 aliphatic carbocycles. The van der Waals surface area contributed by atoms with Crippen LogP contribution in [0.5, 0.6) is 0 Å². The van der Waals surface area contributed by atoms with Gasteiger partial charge in [-0.25, -0.2) is 9.69 Å². The summed E-state index contributed by atoms with van der Waals surface area (Å²) in [4.78, 5) is 50.7. The molecule has 1 heterocycles. The topological polar surface area (TPSA) is 80.8 Å². The van der Waals surface area contributed by atoms with Gasteiger partial charge in [-0.1, -0.05) is 41.9 Å². The van der Waals surface area contributed by atoms with Crippen molar-refractivity contribution in [1.82, 2.24) is 0 Å². The highest BCUT2D eigenvalue weighted by atomic mass is 35.5. The standard InChI is InChI=1S/C24H13ClF3NO5/c25-18-9-7-15(24(26,27)28)11-19(18)29-21(31)16-8-6-14(10-17(16)22(29)32)23(33)34-12-20(30)13-4-2-1-3-5-13/h1-11H,12H2. The van der Waals surface area contributed by atoms with E-state index in [1.165, 1.54) is 12.1 Å². The Labute approximate surface area is 195 Å². The van der Waals surface area contributed by atoms with E-state index < -0.39 is 47.6 Å². The van der Waals surface area contributed by atoms with Crippen molar-refractivity contribution in [2.45, 2.75) is 6.18 Å². The van der Waals surface area contributed by atoms with E-state index >= 15 is 0 Å². The Morgan fingerprint density at radius 3 is 2.21 bits per heavy atom. The second-order valence-electron chi connectivity index (χ2n) is 7.24. The van der Waals surface area contributed by atoms with E-state index in [0.717, 1.165) is 18.2 Å². The van der Waals surface area contributed by atoms with Gasteiger partial charge in [0.2, 0.25) is 0 Å². The van der Waals surface area contributed by atoms with Gasteiger partial charge in [0.25, 0.3) is 11.8 Å². The Balaban J connectivity index is 1.57. The van der Waals surface area contributed by atoms with E-state index in [4.69, 9.17) is 16.3 Å². The van der Waals surface area contributed by atoms with Crippen LogP contribution in [-0.4, -0.2) is 30.2 Å². The average Bonchev–Trinajstić information content (AvgIpc) is 3.06. The second kappa shape index (κ2) is 8.75. The number of benzene rings is 3. The third-order valence-electron chi connectivity index (χ3n) is 5.07. The Bertz CT molecular complexity index is 1340. The van der Waals surface area contributed by atoms with Gasteiger partial charge in [-0.15, -0.1) is 0 Å². The summed E-state index contributed by atoms with van der Waals surface area (Å²) >= 11 is 5.98. The van der Waals surface area contributed by atoms with Gasteiger partial charge < -0.3 is 4.74 Å². The summed E-state index contributed by atoms with van der Waals surface area (Å²) < 4.78 is 44.4. The minimum atomic E-state index is -4.72. The highest BCUT2D eigenvalue weighted by Crippen LogP contribution is 2.38. The molecule has 0 aromatic heterocycles. The fourth-order valence-corrected chi connectivity index (χ4v) is 3.57. The monoisotopic (exact) mass is 487 g/mol. The number of Topliss-reactive ketones (excluding diaryl/α,β-unsaturated/α-hetero) is 1. The summed E-state index contributed by atoms with van der Waals surface area (Å²) in [6.45, 7) is -0.543. The number of amides is 2. The van der Waals surface area contributed by atoms with E-state index in [1.54, 1.807) is 30.3 Å². The van der Waals surface area contributed by atoms with Crippen LogP contribution in [0.2, 0.25) is 5.02 Å². The van der Waals surface area contributed by atoms with Crippen LogP contribution in [0.1, 0.15) is 47.0 Å². The van der Waals surface area contributed by atoms with Crippen molar-refractivity contribution in [3.8, 4) is 0 Å². The first-order chi connectivity index (χ1) is 16.1. The van der Waals surface area contributed by atoms with Crippen molar-refractivity contribution in [2.75, 3.05) is 11.5 Å². The van der Waals surface area contributed by atoms with Gasteiger partial charge in [0.05, 0.1) is 33.0 Å². The van der Waals surface area contributed by atoms with Gasteiger partial charge in [-0.05, 0) is 36.4 Å². The number of hydrogen-bond acceptors (Lipinski definition) is 5. The SMILES string of the molecule is O=C(COC(=O)c1ccc2c(c1)C(=O)N(c1cc(C(F)(F)F)ccc1Cl)C2=O)c1ccccc1. The summed E-state index contributed by atoms with van der Waals surface area (Å²) in [5, 5.41) is -0.235. The van der Waals surface area contributed by atoms with Crippen LogP contribution in [-0.2, 0) is 10.9 Å². The first-order valence-corrected chi connectivity index (χ1v) is 10.1. The third kappa shape index (κ3) is 4.29. The van der Waals surface area contributed by atoms with E-state index in [-0.39, 0.29) is 21.7 Å². The molecule has 0 atom stereocenters. The predicted octanol–water partition coefficient (Wildman–Crippen LogP) is 5.20. The number of esters is 1. The summed E-state index contributed by atoms with van der Waals surface area (Å²) in [5.41, 5.74) is -1.61. The largest absolute Gasteiger partial charge is 0.454 e. The Morgan fingerprint density at radius 1 is 0.853 bits per heavy atom. The molecule has 1 aliphatic rings. The minimum Gasteiger partial charge on any atom is -0.454 e. The highest BCUT2D eigenvalue weighted by Gasteiger charge is 2.40. The van der Waals surface area contributed by atoms with Crippen molar-refractivity contribution in [3.05, 3.63) is 99.6 Å². The van der Waals surface area contributed by atoms with Crippen molar-refractivity contribution < 1.29 is 37.1 Å². The predicted molar refractivity (Wildman–Crippen MR) is 115 cm³/mol. The van der Waals surface area contributed by atoms with Gasteiger partial charge in [0, 0.05) is 5.56 Å². The van der Waals surface area contributed by atoms with E-state index in [9.17, 15) is 32.3 Å². The van der Waals surface area contributed by atoms with Gasteiger partial charge in [-0.3, -0.25) is 14.4 Å². The minimum absolute atomic E-state index is 0.113. The molecule has 34 heavy (non-hydrogen) atoms. The average molecular weight is 488 g/mol. The molecule has 0 unspecified atom stereocenters. The molecule has 1 aliphatic heterocycles. The normalized spacial score (nSPS) is 13.1. The molecular formula is C24H13ClF3NO5. The molecule has 0 radical (unpaired) electrons. The van der Waals surface area contributed by atoms with Crippen LogP contribution >= 0.6 is 11.6 Å². The fraction of sp³-hybridized carbons (Fsp3) is 0.0833. The van der Waals surface area contributed by atoms with Gasteiger partial charge in [0.15, 0.2) is 12.4 Å². The number of anilines is 1. The lowest BCUT2D eigenvalue weighted by atomic mass is 10.1. The number of imide groups is 1. The Morgan fingerprint density at radius 2 is 1.53 bits per heavy atom. The van der Waals surface area contributed by atoms with E-state index in [0.29, 0.717) is 16.5 Å². The number of ketones is 1. The quantitative estimate of drug-likeness (QED) is 0.281. The molecular weight excluding hydrogens is 475 g/mol. The molecule has 0 fully saturated rings. The maximum atomic E-state index is 13.1. The molecule has 0 N–H and O–H groups in total. The number of carbonyl (C=O) groups excluding carboxylic acids is 4. The zero-order valence-electron chi connectivity index (χ0n) is 17.1. The molecule has 3 aromatic rings. The molecule has 6 nitrogen and oxygen atoms in total. The maximum absolute atomic E-state index is 13.1. The fourth-order valence-electron chi connectivity index (χ4n) is 3.37. The smallest absolute Gasteiger partial charge is 0.416 e. The summed E-state index contributed by atoms with van der Waals surface area (Å²) in [6, 6.07) is 13.9. The van der Waals surface area contributed by atoms with Crippen molar-refractivity contribution in [3.63, 3.8) is 0 Å². The van der Waals surface area contributed by atoms with Gasteiger partial charge >= 0.3 is 12.1 Å². The van der Waals surface area contributed by atoms with Crippen LogP contribution in [0.4, 0.5) is 18.9 Å². The molecule has 10 heteroatoms. The van der Waals surface area contributed by atoms with Gasteiger partial charge in [0.1, 0.15) is 0 Å². The lowest BCUT2D eigenvalue weighted by Crippen LogP contribution is -2.30. The summed E-state index contributed by atoms with van der Waals surface area (Å²) in [6.07, 6.45) is -4.72. The summed E-state index contributed by atoms with van der Waals surface area (Å²) in [7, 11) is 0. The third-order valence-corrected chi connectivity index (χ3v) is 5.39. The lowest BCUT2D eigenvalue weighted by Gasteiger charge is -2.17. The van der Waals surface area contributed by atoms with Crippen LogP contribution in [0.25, 0.3) is 0 Å². The van der Waals surface area contributed by atoms with Crippen LogP contribution < -0.4 is 4.90 Å². The van der Waals surface area contributed by atoms with Crippen LogP contribution in [0.3, 0.4) is 0 Å². The molecule has 0 spiro atoms. The molecule has 172 valence electrons. The molecule has 3 aromatic carbocycles. The number of carbonyl (C=O) groups is 4. The zero-order chi connectivity index (χ0) is 24.6. The van der Waals surface area contributed by atoms with Gasteiger partial charge in [-0.2, -0.15) is 13.2 Å². The van der Waals surface area contributed by atoms with Crippen molar-refractivity contribution >= 4 is 40.9 Å². The van der Waals surface area contributed by atoms with Crippen LogP contribution in [0, 0.1) is 0 Å². The number of fused-ring (bicyclic) bond motifs is 1. The number of hydrogen-bond donors (Lipinski definition) is 0. The number of nitrogens with zero attached hydrogens (tertiary/aromatic N) is 1. The van der Waals surface area contributed by atoms with Crippen LogP contribution in [0.15, 0.2) is 66.7 Å². The first-order valence-electron chi connectivity index (χ1n) is 9.73. The van der Waals surface area contributed by atoms with Crippen molar-refractivity contribution in [1.29, 1.82) is 0 Å². The second-order valence-corrected chi connectivity index (χ2v) is 7.64. The number of alkyl halides is 3. The lowest BCUT2D eigenvalue weighted by molar-refractivity contribution is -0.137. The molecule has 0 bridgehead atoms. The van der Waals surface area contributed by atoms with Crippen molar-refractivity contribution in [2.24, 2.45) is 0 Å². The zero-order valence-corrected chi connectivity index (χ0v) is 17.8. The number of ether oxygens (including phenoxy) is 1. The molecule has 0 saturated heterocycles. The Kier molecular flexibility index (Phi) is 5.97. The molecule has 4 rings (SSSR count). The molecule has 2 amide bonds.